The Morgan fingerprint density at radius 2 is 1.86 bits per heavy atom. The molecule has 3 nitrogen and oxygen atoms in total. The Morgan fingerprint density at radius 3 is 2.57 bits per heavy atom. The van der Waals surface area contributed by atoms with Crippen LogP contribution in [0.2, 0.25) is 0 Å². The molecule has 1 saturated carbocycles. The summed E-state index contributed by atoms with van der Waals surface area (Å²) in [5.41, 5.74) is 1.43. The minimum absolute atomic E-state index is 0.437. The molecule has 1 N–H and O–H groups in total. The minimum Gasteiger partial charge on any atom is -0.380 e. The van der Waals surface area contributed by atoms with Crippen LogP contribution in [0, 0.1) is 0 Å². The molecule has 1 aliphatic carbocycles. The first-order chi connectivity index (χ1) is 10.3. The largest absolute Gasteiger partial charge is 0.380 e. The molecule has 0 spiro atoms. The molecule has 1 aromatic rings. The van der Waals surface area contributed by atoms with Crippen LogP contribution in [-0.4, -0.2) is 43.3 Å². The summed E-state index contributed by atoms with van der Waals surface area (Å²) < 4.78 is 5.59. The summed E-state index contributed by atoms with van der Waals surface area (Å²) >= 11 is 0. The van der Waals surface area contributed by atoms with Gasteiger partial charge in [0.2, 0.25) is 0 Å². The highest BCUT2D eigenvalue weighted by atomic mass is 16.5. The van der Waals surface area contributed by atoms with Crippen LogP contribution in [0.5, 0.6) is 0 Å². The summed E-state index contributed by atoms with van der Waals surface area (Å²) in [5, 5.41) is 3.85. The van der Waals surface area contributed by atoms with E-state index in [1.54, 1.807) is 0 Å². The lowest BCUT2D eigenvalue weighted by Gasteiger charge is -2.35. The van der Waals surface area contributed by atoms with E-state index >= 15 is 0 Å². The van der Waals surface area contributed by atoms with Crippen LogP contribution >= 0.6 is 0 Å². The highest BCUT2D eigenvalue weighted by molar-refractivity contribution is 5.14. The van der Waals surface area contributed by atoms with E-state index in [9.17, 15) is 0 Å². The molecule has 0 amide bonds. The van der Waals surface area contributed by atoms with Gasteiger partial charge in [-0.3, -0.25) is 4.90 Å². The Bertz CT molecular complexity index is 414. The predicted octanol–water partition coefficient (Wildman–Crippen LogP) is 2.81. The number of hydrogen-bond acceptors (Lipinski definition) is 3. The summed E-state index contributed by atoms with van der Waals surface area (Å²) in [7, 11) is 1.85. The van der Waals surface area contributed by atoms with E-state index in [1.807, 2.05) is 7.11 Å². The molecule has 2 atom stereocenters. The number of hydrogen-bond donors (Lipinski definition) is 1. The van der Waals surface area contributed by atoms with E-state index in [1.165, 1.54) is 50.8 Å². The third kappa shape index (κ3) is 4.06. The van der Waals surface area contributed by atoms with Gasteiger partial charge in [0.25, 0.3) is 0 Å². The van der Waals surface area contributed by atoms with Gasteiger partial charge >= 0.3 is 0 Å². The van der Waals surface area contributed by atoms with Gasteiger partial charge in [-0.25, -0.2) is 0 Å². The molecule has 1 aliphatic heterocycles. The average Bonchev–Trinajstić information content (AvgIpc) is 2.97. The van der Waals surface area contributed by atoms with Gasteiger partial charge in [0.15, 0.2) is 0 Å². The zero-order valence-corrected chi connectivity index (χ0v) is 13.1. The fourth-order valence-electron chi connectivity index (χ4n) is 3.80. The number of methoxy groups -OCH3 is 1. The van der Waals surface area contributed by atoms with E-state index < -0.39 is 0 Å². The molecule has 2 unspecified atom stereocenters. The standard InChI is InChI=1S/C18H28N2O/c1-21-18-9-5-8-17(18)19-16-10-12-20(13-11-16)14-15-6-3-2-4-7-15/h2-4,6-7,16-19H,5,8-14H2,1H3. The van der Waals surface area contributed by atoms with Crippen molar-refractivity contribution in [2.24, 2.45) is 0 Å². The predicted molar refractivity (Wildman–Crippen MR) is 86.3 cm³/mol. The Kier molecular flexibility index (Phi) is 5.28. The maximum absolute atomic E-state index is 5.59. The lowest BCUT2D eigenvalue weighted by atomic mass is 10.0. The molecule has 21 heavy (non-hydrogen) atoms. The quantitative estimate of drug-likeness (QED) is 0.901. The van der Waals surface area contributed by atoms with Gasteiger partial charge in [0, 0.05) is 25.7 Å². The normalized spacial score (nSPS) is 28.0. The van der Waals surface area contributed by atoms with Crippen molar-refractivity contribution in [1.29, 1.82) is 0 Å². The lowest BCUT2D eigenvalue weighted by molar-refractivity contribution is 0.0753. The van der Waals surface area contributed by atoms with Gasteiger partial charge in [-0.1, -0.05) is 30.3 Å². The van der Waals surface area contributed by atoms with E-state index in [-0.39, 0.29) is 0 Å². The van der Waals surface area contributed by atoms with Gasteiger partial charge in [-0.2, -0.15) is 0 Å². The van der Waals surface area contributed by atoms with Crippen LogP contribution in [0.3, 0.4) is 0 Å². The molecule has 3 heteroatoms. The third-order valence-corrected chi connectivity index (χ3v) is 5.04. The molecular formula is C18H28N2O. The molecule has 0 aromatic heterocycles. The topological polar surface area (TPSA) is 24.5 Å². The van der Waals surface area contributed by atoms with Crippen molar-refractivity contribution in [1.82, 2.24) is 10.2 Å². The summed E-state index contributed by atoms with van der Waals surface area (Å²) in [4.78, 5) is 2.58. The zero-order valence-electron chi connectivity index (χ0n) is 13.1. The number of nitrogens with zero attached hydrogens (tertiary/aromatic N) is 1. The minimum atomic E-state index is 0.437. The summed E-state index contributed by atoms with van der Waals surface area (Å²) in [6.45, 7) is 3.51. The SMILES string of the molecule is COC1CCCC1NC1CCN(Cc2ccccc2)CC1. The fraction of sp³-hybridized carbons (Fsp3) is 0.667. The first kappa shape index (κ1) is 15.0. The highest BCUT2D eigenvalue weighted by Crippen LogP contribution is 2.23. The monoisotopic (exact) mass is 288 g/mol. The Labute approximate surface area is 128 Å². The van der Waals surface area contributed by atoms with Crippen molar-refractivity contribution in [3.8, 4) is 0 Å². The van der Waals surface area contributed by atoms with Crippen LogP contribution in [0.25, 0.3) is 0 Å². The fourth-order valence-corrected chi connectivity index (χ4v) is 3.80. The summed E-state index contributed by atoms with van der Waals surface area (Å²) in [6.07, 6.45) is 6.78. The molecule has 1 saturated heterocycles. The number of ether oxygens (including phenoxy) is 1. The van der Waals surface area contributed by atoms with Gasteiger partial charge in [0.1, 0.15) is 0 Å². The number of nitrogens with one attached hydrogen (secondary N) is 1. The molecule has 0 radical (unpaired) electrons. The van der Waals surface area contributed by atoms with Crippen molar-refractivity contribution in [2.45, 2.75) is 56.8 Å². The number of benzene rings is 1. The second kappa shape index (κ2) is 7.39. The summed E-state index contributed by atoms with van der Waals surface area (Å²) in [6, 6.07) is 12.1. The van der Waals surface area contributed by atoms with Crippen molar-refractivity contribution >= 4 is 0 Å². The maximum atomic E-state index is 5.59. The molecular weight excluding hydrogens is 260 g/mol. The average molecular weight is 288 g/mol. The van der Waals surface area contributed by atoms with E-state index in [2.05, 4.69) is 40.5 Å². The van der Waals surface area contributed by atoms with E-state index in [0.717, 1.165) is 6.54 Å². The first-order valence-corrected chi connectivity index (χ1v) is 8.40. The molecule has 3 rings (SSSR count). The Morgan fingerprint density at radius 1 is 1.10 bits per heavy atom. The maximum Gasteiger partial charge on any atom is 0.0724 e. The van der Waals surface area contributed by atoms with Crippen LogP contribution in [0.1, 0.15) is 37.7 Å². The van der Waals surface area contributed by atoms with E-state index in [4.69, 9.17) is 4.74 Å². The van der Waals surface area contributed by atoms with Crippen LogP contribution in [-0.2, 0) is 11.3 Å². The third-order valence-electron chi connectivity index (χ3n) is 5.04. The van der Waals surface area contributed by atoms with Gasteiger partial charge in [-0.15, -0.1) is 0 Å². The Balaban J connectivity index is 1.43. The molecule has 116 valence electrons. The van der Waals surface area contributed by atoms with Crippen molar-refractivity contribution in [3.63, 3.8) is 0 Å². The number of rotatable bonds is 5. The second-order valence-corrected chi connectivity index (χ2v) is 6.51. The molecule has 2 fully saturated rings. The molecule has 1 heterocycles. The summed E-state index contributed by atoms with van der Waals surface area (Å²) in [5.74, 6) is 0. The lowest BCUT2D eigenvalue weighted by Crippen LogP contribution is -2.48. The zero-order chi connectivity index (χ0) is 14.5. The Hall–Kier alpha value is -0.900. The van der Waals surface area contributed by atoms with Gasteiger partial charge < -0.3 is 10.1 Å². The highest BCUT2D eigenvalue weighted by Gasteiger charge is 2.30. The van der Waals surface area contributed by atoms with Gasteiger partial charge in [-0.05, 0) is 50.8 Å². The van der Waals surface area contributed by atoms with Gasteiger partial charge in [0.05, 0.1) is 6.10 Å². The van der Waals surface area contributed by atoms with Crippen LogP contribution in [0.4, 0.5) is 0 Å². The van der Waals surface area contributed by atoms with Crippen molar-refractivity contribution in [2.75, 3.05) is 20.2 Å². The molecule has 2 aliphatic rings. The van der Waals surface area contributed by atoms with Crippen molar-refractivity contribution < 1.29 is 4.74 Å². The van der Waals surface area contributed by atoms with Crippen LogP contribution in [0.15, 0.2) is 30.3 Å². The molecule has 0 bridgehead atoms. The molecule has 1 aromatic carbocycles. The number of likely N-dealkylation sites (tertiary alicyclic amines) is 1. The number of piperidine rings is 1. The van der Waals surface area contributed by atoms with Crippen LogP contribution < -0.4 is 5.32 Å². The second-order valence-electron chi connectivity index (χ2n) is 6.51. The van der Waals surface area contributed by atoms with E-state index in [0.29, 0.717) is 18.2 Å². The first-order valence-electron chi connectivity index (χ1n) is 8.40. The smallest absolute Gasteiger partial charge is 0.0724 e. The van der Waals surface area contributed by atoms with Crippen molar-refractivity contribution in [3.05, 3.63) is 35.9 Å².